The molecular weight excluding hydrogens is 312 g/mol. The summed E-state index contributed by atoms with van der Waals surface area (Å²) < 4.78 is 0. The Labute approximate surface area is 149 Å². The number of rotatable bonds is 7. The van der Waals surface area contributed by atoms with Crippen molar-refractivity contribution < 1.29 is 9.90 Å². The minimum Gasteiger partial charge on any atom is -0.508 e. The summed E-state index contributed by atoms with van der Waals surface area (Å²) in [6.07, 6.45) is 3.15. The van der Waals surface area contributed by atoms with E-state index in [1.165, 1.54) is 16.7 Å². The molecule has 132 valence electrons. The number of fused-ring (bicyclic) bond motifs is 1. The molecule has 2 aromatic carbocycles. The standard InChI is InChI=1S/C21H26N2O2/c1-23(2)17(13-15-7-10-18(24)11-8-15)9-12-21(25)22-20-14-16-5-3-4-6-19(16)20/h3-8,10-11,17,20,24H,9,12-14H2,1-2H3,(H,22,25)/t17-,20?/m1/s1. The summed E-state index contributed by atoms with van der Waals surface area (Å²) in [5.74, 6) is 0.405. The number of amides is 1. The highest BCUT2D eigenvalue weighted by Crippen LogP contribution is 2.32. The molecule has 4 heteroatoms. The Morgan fingerprint density at radius 1 is 1.20 bits per heavy atom. The van der Waals surface area contributed by atoms with E-state index in [1.54, 1.807) is 12.1 Å². The average molecular weight is 338 g/mol. The first kappa shape index (κ1) is 17.5. The Balaban J connectivity index is 1.50. The van der Waals surface area contributed by atoms with E-state index in [1.807, 2.05) is 38.4 Å². The van der Waals surface area contributed by atoms with Crippen molar-refractivity contribution in [3.63, 3.8) is 0 Å². The minimum absolute atomic E-state index is 0.122. The van der Waals surface area contributed by atoms with Crippen molar-refractivity contribution in [3.8, 4) is 5.75 Å². The number of hydrogen-bond donors (Lipinski definition) is 2. The summed E-state index contributed by atoms with van der Waals surface area (Å²) in [6.45, 7) is 0. The van der Waals surface area contributed by atoms with Crippen molar-refractivity contribution in [3.05, 3.63) is 65.2 Å². The quantitative estimate of drug-likeness (QED) is 0.816. The van der Waals surface area contributed by atoms with Gasteiger partial charge < -0.3 is 15.3 Å². The second-order valence-electron chi connectivity index (χ2n) is 7.05. The van der Waals surface area contributed by atoms with Crippen LogP contribution in [0.25, 0.3) is 0 Å². The molecule has 0 aromatic heterocycles. The number of carbonyl (C=O) groups is 1. The Morgan fingerprint density at radius 3 is 2.60 bits per heavy atom. The Kier molecular flexibility index (Phi) is 5.39. The second kappa shape index (κ2) is 7.70. The zero-order chi connectivity index (χ0) is 17.8. The van der Waals surface area contributed by atoms with Crippen LogP contribution in [0.15, 0.2) is 48.5 Å². The van der Waals surface area contributed by atoms with Gasteiger partial charge in [0.05, 0.1) is 6.04 Å². The Morgan fingerprint density at radius 2 is 1.92 bits per heavy atom. The smallest absolute Gasteiger partial charge is 0.220 e. The number of likely N-dealkylation sites (N-methyl/N-ethyl adjacent to an activating group) is 1. The molecule has 0 fully saturated rings. The first-order valence-electron chi connectivity index (χ1n) is 8.84. The van der Waals surface area contributed by atoms with Crippen LogP contribution in [0, 0.1) is 0 Å². The maximum absolute atomic E-state index is 12.3. The van der Waals surface area contributed by atoms with Crippen LogP contribution in [0.5, 0.6) is 5.75 Å². The summed E-state index contributed by atoms with van der Waals surface area (Å²) in [6, 6.07) is 16.1. The molecule has 1 aliphatic carbocycles. The molecule has 0 saturated heterocycles. The number of hydrogen-bond acceptors (Lipinski definition) is 3. The van der Waals surface area contributed by atoms with Crippen LogP contribution < -0.4 is 5.32 Å². The highest BCUT2D eigenvalue weighted by atomic mass is 16.3. The van der Waals surface area contributed by atoms with Crippen molar-refractivity contribution in [2.45, 2.75) is 37.8 Å². The lowest BCUT2D eigenvalue weighted by atomic mass is 9.83. The molecule has 1 aliphatic rings. The second-order valence-corrected chi connectivity index (χ2v) is 7.05. The Bertz CT molecular complexity index is 725. The lowest BCUT2D eigenvalue weighted by Crippen LogP contribution is -2.37. The predicted octanol–water partition coefficient (Wildman–Crippen LogP) is 3.06. The summed E-state index contributed by atoms with van der Waals surface area (Å²) in [5, 5.41) is 12.5. The fraction of sp³-hybridized carbons (Fsp3) is 0.381. The molecule has 4 nitrogen and oxygen atoms in total. The zero-order valence-electron chi connectivity index (χ0n) is 14.9. The van der Waals surface area contributed by atoms with E-state index in [0.29, 0.717) is 12.5 Å². The number of benzene rings is 2. The van der Waals surface area contributed by atoms with Crippen LogP contribution in [0.3, 0.4) is 0 Å². The molecule has 25 heavy (non-hydrogen) atoms. The summed E-state index contributed by atoms with van der Waals surface area (Å²) in [7, 11) is 4.09. The summed E-state index contributed by atoms with van der Waals surface area (Å²) in [4.78, 5) is 14.5. The third-order valence-electron chi connectivity index (χ3n) is 5.03. The largest absolute Gasteiger partial charge is 0.508 e. The molecule has 2 atom stereocenters. The Hall–Kier alpha value is -2.33. The van der Waals surface area contributed by atoms with Crippen molar-refractivity contribution in [1.82, 2.24) is 10.2 Å². The van der Waals surface area contributed by atoms with Gasteiger partial charge in [-0.2, -0.15) is 0 Å². The van der Waals surface area contributed by atoms with Crippen molar-refractivity contribution in [2.24, 2.45) is 0 Å². The third-order valence-corrected chi connectivity index (χ3v) is 5.03. The van der Waals surface area contributed by atoms with Gasteiger partial charge in [0.1, 0.15) is 5.75 Å². The summed E-state index contributed by atoms with van der Waals surface area (Å²) >= 11 is 0. The van der Waals surface area contributed by atoms with E-state index in [0.717, 1.165) is 19.3 Å². The number of phenols is 1. The highest BCUT2D eigenvalue weighted by Gasteiger charge is 2.26. The van der Waals surface area contributed by atoms with Gasteiger partial charge in [-0.3, -0.25) is 4.79 Å². The van der Waals surface area contributed by atoms with Crippen LogP contribution in [-0.2, 0) is 17.6 Å². The van der Waals surface area contributed by atoms with E-state index in [9.17, 15) is 9.90 Å². The number of phenolic OH excluding ortho intramolecular Hbond substituents is 1. The molecule has 2 N–H and O–H groups in total. The SMILES string of the molecule is CN(C)[C@H](CCC(=O)NC1Cc2ccccc21)Cc1ccc(O)cc1. The van der Waals surface area contributed by atoms with Crippen LogP contribution in [0.1, 0.15) is 35.6 Å². The van der Waals surface area contributed by atoms with Gasteiger partial charge in [-0.05, 0) is 62.2 Å². The number of nitrogens with one attached hydrogen (secondary N) is 1. The molecule has 3 rings (SSSR count). The van der Waals surface area contributed by atoms with Crippen LogP contribution in [0.4, 0.5) is 0 Å². The van der Waals surface area contributed by atoms with Crippen molar-refractivity contribution in [2.75, 3.05) is 14.1 Å². The monoisotopic (exact) mass is 338 g/mol. The highest BCUT2D eigenvalue weighted by molar-refractivity contribution is 5.77. The fourth-order valence-electron chi connectivity index (χ4n) is 3.40. The van der Waals surface area contributed by atoms with Gasteiger partial charge in [0.15, 0.2) is 0 Å². The van der Waals surface area contributed by atoms with Gasteiger partial charge in [0.25, 0.3) is 0 Å². The lowest BCUT2D eigenvalue weighted by Gasteiger charge is -2.31. The first-order chi connectivity index (χ1) is 12.0. The van der Waals surface area contributed by atoms with Gasteiger partial charge >= 0.3 is 0 Å². The van der Waals surface area contributed by atoms with Crippen LogP contribution in [-0.4, -0.2) is 36.1 Å². The van der Waals surface area contributed by atoms with Gasteiger partial charge in [0.2, 0.25) is 5.91 Å². The topological polar surface area (TPSA) is 52.6 Å². The molecule has 1 amide bonds. The molecule has 0 aliphatic heterocycles. The van der Waals surface area contributed by atoms with Crippen molar-refractivity contribution >= 4 is 5.91 Å². The van der Waals surface area contributed by atoms with E-state index in [4.69, 9.17) is 0 Å². The van der Waals surface area contributed by atoms with Gasteiger partial charge in [0, 0.05) is 12.5 Å². The number of nitrogens with zero attached hydrogens (tertiary/aromatic N) is 1. The molecule has 0 radical (unpaired) electrons. The molecule has 0 saturated carbocycles. The van der Waals surface area contributed by atoms with Crippen LogP contribution >= 0.6 is 0 Å². The van der Waals surface area contributed by atoms with E-state index in [-0.39, 0.29) is 17.7 Å². The first-order valence-corrected chi connectivity index (χ1v) is 8.84. The summed E-state index contributed by atoms with van der Waals surface area (Å²) in [5.41, 5.74) is 3.76. The zero-order valence-corrected chi connectivity index (χ0v) is 14.9. The predicted molar refractivity (Wildman–Crippen MR) is 99.5 cm³/mol. The van der Waals surface area contributed by atoms with Crippen LogP contribution in [0.2, 0.25) is 0 Å². The van der Waals surface area contributed by atoms with Gasteiger partial charge in [-0.1, -0.05) is 36.4 Å². The molecule has 0 heterocycles. The molecular formula is C21H26N2O2. The van der Waals surface area contributed by atoms with E-state index in [2.05, 4.69) is 22.3 Å². The van der Waals surface area contributed by atoms with E-state index >= 15 is 0 Å². The lowest BCUT2D eigenvalue weighted by molar-refractivity contribution is -0.122. The molecule has 0 bridgehead atoms. The maximum atomic E-state index is 12.3. The van der Waals surface area contributed by atoms with Gasteiger partial charge in [-0.15, -0.1) is 0 Å². The normalized spacial score (nSPS) is 16.8. The molecule has 1 unspecified atom stereocenters. The number of carbonyl (C=O) groups excluding carboxylic acids is 1. The van der Waals surface area contributed by atoms with E-state index < -0.39 is 0 Å². The molecule has 2 aromatic rings. The fourth-order valence-corrected chi connectivity index (χ4v) is 3.40. The van der Waals surface area contributed by atoms with Gasteiger partial charge in [-0.25, -0.2) is 0 Å². The third kappa shape index (κ3) is 4.40. The number of aromatic hydroxyl groups is 1. The average Bonchev–Trinajstić information content (AvgIpc) is 2.58. The minimum atomic E-state index is 0.122. The maximum Gasteiger partial charge on any atom is 0.220 e. The van der Waals surface area contributed by atoms with Crippen molar-refractivity contribution in [1.29, 1.82) is 0 Å². The molecule has 0 spiro atoms.